The molecule has 4 N–H and O–H groups in total. The number of carbonyl (C=O) groups excluding carboxylic acids is 1. The van der Waals surface area contributed by atoms with Crippen LogP contribution in [0.25, 0.3) is 0 Å². The molecule has 0 spiro atoms. The van der Waals surface area contributed by atoms with Crippen molar-refractivity contribution < 1.29 is 9.53 Å². The third kappa shape index (κ3) is 2.32. The minimum absolute atomic E-state index is 0.460. The number of aryl methyl sites for hydroxylation is 4. The molecule has 0 aliphatic heterocycles. The number of hydrogen-bond donors (Lipinski definition) is 2. The van der Waals surface area contributed by atoms with Crippen LogP contribution in [0.1, 0.15) is 27.2 Å². The summed E-state index contributed by atoms with van der Waals surface area (Å²) >= 11 is 0. The van der Waals surface area contributed by atoms with Crippen LogP contribution in [0.3, 0.4) is 0 Å². The first-order chi connectivity index (χ1) is 9.31. The van der Waals surface area contributed by atoms with Crippen LogP contribution in [0.15, 0.2) is 12.1 Å². The van der Waals surface area contributed by atoms with Gasteiger partial charge in [0.1, 0.15) is 11.4 Å². The Kier molecular flexibility index (Phi) is 3.40. The van der Waals surface area contributed by atoms with Gasteiger partial charge in [-0.25, -0.2) is 4.68 Å². The molecule has 6 nitrogen and oxygen atoms in total. The minimum Gasteiger partial charge on any atom is -0.437 e. The van der Waals surface area contributed by atoms with E-state index < -0.39 is 5.91 Å². The SMILES string of the molecule is Cc1cc(C(N)=O)cc(C)c1Oc1c(N)c(C)nn1C. The molecule has 1 aromatic heterocycles. The lowest BCUT2D eigenvalue weighted by atomic mass is 10.1. The monoisotopic (exact) mass is 274 g/mol. The first-order valence-corrected chi connectivity index (χ1v) is 6.19. The number of benzene rings is 1. The van der Waals surface area contributed by atoms with Crippen LogP contribution in [0.2, 0.25) is 0 Å². The van der Waals surface area contributed by atoms with Gasteiger partial charge in [0, 0.05) is 12.6 Å². The molecule has 2 aromatic rings. The van der Waals surface area contributed by atoms with E-state index in [9.17, 15) is 4.79 Å². The zero-order chi connectivity index (χ0) is 15.0. The smallest absolute Gasteiger partial charge is 0.248 e. The topological polar surface area (TPSA) is 96.2 Å². The number of hydrogen-bond acceptors (Lipinski definition) is 4. The first-order valence-electron chi connectivity index (χ1n) is 6.19. The summed E-state index contributed by atoms with van der Waals surface area (Å²) < 4.78 is 7.47. The van der Waals surface area contributed by atoms with Crippen molar-refractivity contribution in [2.75, 3.05) is 5.73 Å². The van der Waals surface area contributed by atoms with Gasteiger partial charge in [-0.15, -0.1) is 0 Å². The summed E-state index contributed by atoms with van der Waals surface area (Å²) in [5, 5.41) is 4.20. The van der Waals surface area contributed by atoms with E-state index >= 15 is 0 Å². The lowest BCUT2D eigenvalue weighted by Crippen LogP contribution is -2.11. The van der Waals surface area contributed by atoms with Crippen molar-refractivity contribution in [1.29, 1.82) is 0 Å². The number of primary amides is 1. The predicted molar refractivity (Wildman–Crippen MR) is 76.9 cm³/mol. The molecule has 1 heterocycles. The minimum atomic E-state index is -0.460. The Labute approximate surface area is 117 Å². The lowest BCUT2D eigenvalue weighted by Gasteiger charge is -2.13. The van der Waals surface area contributed by atoms with E-state index in [0.29, 0.717) is 28.6 Å². The molecule has 0 aliphatic carbocycles. The van der Waals surface area contributed by atoms with Crippen LogP contribution in [-0.2, 0) is 7.05 Å². The van der Waals surface area contributed by atoms with E-state index in [1.165, 1.54) is 0 Å². The molecule has 0 fully saturated rings. The van der Waals surface area contributed by atoms with Crippen molar-refractivity contribution in [2.24, 2.45) is 12.8 Å². The predicted octanol–water partition coefficient (Wildman–Crippen LogP) is 1.82. The largest absolute Gasteiger partial charge is 0.437 e. The highest BCUT2D eigenvalue weighted by Gasteiger charge is 2.16. The summed E-state index contributed by atoms with van der Waals surface area (Å²) in [6.07, 6.45) is 0. The van der Waals surface area contributed by atoms with E-state index in [-0.39, 0.29) is 0 Å². The normalized spacial score (nSPS) is 10.6. The summed E-state index contributed by atoms with van der Waals surface area (Å²) in [7, 11) is 1.77. The van der Waals surface area contributed by atoms with E-state index in [2.05, 4.69) is 5.10 Å². The number of aromatic nitrogens is 2. The fourth-order valence-corrected chi connectivity index (χ4v) is 2.12. The third-order valence-electron chi connectivity index (χ3n) is 3.16. The van der Waals surface area contributed by atoms with Crippen molar-refractivity contribution in [1.82, 2.24) is 9.78 Å². The maximum absolute atomic E-state index is 11.2. The standard InChI is InChI=1S/C14H18N4O2/c1-7-5-10(13(16)19)6-8(2)12(7)20-14-11(15)9(3)17-18(14)4/h5-6H,15H2,1-4H3,(H2,16,19). The zero-order valence-corrected chi connectivity index (χ0v) is 12.0. The molecule has 2 rings (SSSR count). The van der Waals surface area contributed by atoms with Crippen molar-refractivity contribution in [3.8, 4) is 11.6 Å². The van der Waals surface area contributed by atoms with Crippen LogP contribution < -0.4 is 16.2 Å². The molecule has 1 amide bonds. The molecule has 0 radical (unpaired) electrons. The van der Waals surface area contributed by atoms with Crippen molar-refractivity contribution in [3.63, 3.8) is 0 Å². The Morgan fingerprint density at radius 2 is 1.80 bits per heavy atom. The molecule has 0 saturated heterocycles. The lowest BCUT2D eigenvalue weighted by molar-refractivity contribution is 0.1000. The Morgan fingerprint density at radius 3 is 2.20 bits per heavy atom. The summed E-state index contributed by atoms with van der Waals surface area (Å²) in [5.41, 5.74) is 14.6. The molecule has 0 unspecified atom stereocenters. The number of amides is 1. The van der Waals surface area contributed by atoms with E-state index in [1.54, 1.807) is 23.9 Å². The van der Waals surface area contributed by atoms with E-state index in [4.69, 9.17) is 16.2 Å². The third-order valence-corrected chi connectivity index (χ3v) is 3.16. The van der Waals surface area contributed by atoms with Crippen LogP contribution in [0.5, 0.6) is 11.6 Å². The number of nitrogens with zero attached hydrogens (tertiary/aromatic N) is 2. The van der Waals surface area contributed by atoms with Crippen molar-refractivity contribution in [2.45, 2.75) is 20.8 Å². The molecular formula is C14H18N4O2. The highest BCUT2D eigenvalue weighted by atomic mass is 16.5. The molecule has 106 valence electrons. The van der Waals surface area contributed by atoms with Gasteiger partial charge >= 0.3 is 0 Å². The van der Waals surface area contributed by atoms with Crippen molar-refractivity contribution in [3.05, 3.63) is 34.5 Å². The molecule has 0 aliphatic rings. The van der Waals surface area contributed by atoms with Gasteiger partial charge in [0.25, 0.3) is 0 Å². The summed E-state index contributed by atoms with van der Waals surface area (Å²) in [6, 6.07) is 3.40. The highest BCUT2D eigenvalue weighted by molar-refractivity contribution is 5.93. The molecule has 0 bridgehead atoms. The van der Waals surface area contributed by atoms with E-state index in [1.807, 2.05) is 20.8 Å². The number of carbonyl (C=O) groups is 1. The number of anilines is 1. The number of nitrogen functional groups attached to an aromatic ring is 1. The average molecular weight is 274 g/mol. The second kappa shape index (κ2) is 4.88. The Bertz CT molecular complexity index is 666. The summed E-state index contributed by atoms with van der Waals surface area (Å²) in [6.45, 7) is 5.53. The number of ether oxygens (including phenoxy) is 1. The maximum Gasteiger partial charge on any atom is 0.248 e. The molecular weight excluding hydrogens is 256 g/mol. The first kappa shape index (κ1) is 13.9. The number of nitrogens with two attached hydrogens (primary N) is 2. The van der Waals surface area contributed by atoms with Crippen molar-refractivity contribution >= 4 is 11.6 Å². The maximum atomic E-state index is 11.2. The molecule has 20 heavy (non-hydrogen) atoms. The van der Waals surface area contributed by atoms with Crippen LogP contribution >= 0.6 is 0 Å². The van der Waals surface area contributed by atoms with Gasteiger partial charge < -0.3 is 16.2 Å². The molecule has 0 saturated carbocycles. The van der Waals surface area contributed by atoms with Crippen LogP contribution in [0.4, 0.5) is 5.69 Å². The summed E-state index contributed by atoms with van der Waals surface area (Å²) in [5.74, 6) is 0.684. The fourth-order valence-electron chi connectivity index (χ4n) is 2.12. The van der Waals surface area contributed by atoms with Gasteiger partial charge in [-0.3, -0.25) is 4.79 Å². The average Bonchev–Trinajstić information content (AvgIpc) is 2.59. The highest BCUT2D eigenvalue weighted by Crippen LogP contribution is 2.33. The molecule has 6 heteroatoms. The van der Waals surface area contributed by atoms with Gasteiger partial charge in [-0.1, -0.05) is 0 Å². The molecule has 1 aromatic carbocycles. The van der Waals surface area contributed by atoms with Crippen LogP contribution in [0, 0.1) is 20.8 Å². The van der Waals surface area contributed by atoms with E-state index in [0.717, 1.165) is 11.1 Å². The second-order valence-electron chi connectivity index (χ2n) is 4.83. The van der Waals surface area contributed by atoms with Gasteiger partial charge in [-0.05, 0) is 44.0 Å². The van der Waals surface area contributed by atoms with Gasteiger partial charge in [0.2, 0.25) is 11.8 Å². The Hall–Kier alpha value is -2.50. The number of rotatable bonds is 3. The van der Waals surface area contributed by atoms with Gasteiger partial charge in [0.05, 0.1) is 5.69 Å². The fraction of sp³-hybridized carbons (Fsp3) is 0.286. The van der Waals surface area contributed by atoms with Crippen LogP contribution in [-0.4, -0.2) is 15.7 Å². The second-order valence-corrected chi connectivity index (χ2v) is 4.83. The Balaban J connectivity index is 2.47. The quantitative estimate of drug-likeness (QED) is 0.892. The Morgan fingerprint density at radius 1 is 1.25 bits per heavy atom. The van der Waals surface area contributed by atoms with Gasteiger partial charge in [-0.2, -0.15) is 5.10 Å². The molecule has 0 atom stereocenters. The summed E-state index contributed by atoms with van der Waals surface area (Å²) in [4.78, 5) is 11.2. The van der Waals surface area contributed by atoms with Gasteiger partial charge in [0.15, 0.2) is 0 Å². The zero-order valence-electron chi connectivity index (χ0n) is 12.0.